The highest BCUT2D eigenvalue weighted by atomic mass is 35.5. The van der Waals surface area contributed by atoms with Gasteiger partial charge in [-0.3, -0.25) is 4.79 Å². The van der Waals surface area contributed by atoms with Crippen molar-refractivity contribution in [3.05, 3.63) is 31.8 Å². The predicted octanol–water partition coefficient (Wildman–Crippen LogP) is 2.85. The van der Waals surface area contributed by atoms with E-state index in [1.165, 1.54) is 0 Å². The highest BCUT2D eigenvalue weighted by Gasteiger charge is 2.08. The Balaban J connectivity index is 3.02. The second kappa shape index (κ2) is 3.39. The van der Waals surface area contributed by atoms with Gasteiger partial charge < -0.3 is 0 Å². The lowest BCUT2D eigenvalue weighted by molar-refractivity contribution is 0.100. The van der Waals surface area contributed by atoms with Crippen LogP contribution < -0.4 is 0 Å². The molecule has 1 rings (SSSR count). The summed E-state index contributed by atoms with van der Waals surface area (Å²) in [5.41, 5.74) is 7.93. The molecule has 6 heteroatoms. The molecule has 4 nitrogen and oxygen atoms in total. The van der Waals surface area contributed by atoms with Crippen LogP contribution in [0.15, 0.2) is 16.6 Å². The van der Waals surface area contributed by atoms with Crippen molar-refractivity contribution >= 4 is 28.8 Å². The molecule has 0 N–H and O–H groups in total. The van der Waals surface area contributed by atoms with Gasteiger partial charge in [0, 0.05) is 4.91 Å². The fourth-order valence-corrected chi connectivity index (χ4v) is 1.55. The van der Waals surface area contributed by atoms with Crippen molar-refractivity contribution in [2.45, 2.75) is 0 Å². The van der Waals surface area contributed by atoms with Crippen molar-refractivity contribution in [2.75, 3.05) is 0 Å². The van der Waals surface area contributed by atoms with Crippen LogP contribution in [-0.2, 0) is 0 Å². The number of thiophene rings is 1. The number of azide groups is 1. The molecule has 1 heterocycles. The van der Waals surface area contributed by atoms with E-state index >= 15 is 0 Å². The van der Waals surface area contributed by atoms with Crippen LogP contribution in [0.4, 0.5) is 0 Å². The maximum absolute atomic E-state index is 10.8. The Morgan fingerprint density at radius 2 is 2.55 bits per heavy atom. The van der Waals surface area contributed by atoms with Gasteiger partial charge in [0.1, 0.15) is 0 Å². The topological polar surface area (TPSA) is 65.8 Å². The van der Waals surface area contributed by atoms with E-state index in [1.807, 2.05) is 0 Å². The van der Waals surface area contributed by atoms with Crippen LogP contribution in [0.2, 0.25) is 5.02 Å². The molecule has 0 aliphatic carbocycles. The Labute approximate surface area is 71.0 Å². The third kappa shape index (κ3) is 1.71. The van der Waals surface area contributed by atoms with E-state index < -0.39 is 5.91 Å². The first-order chi connectivity index (χ1) is 5.25. The molecule has 0 saturated heterocycles. The Kier molecular flexibility index (Phi) is 2.48. The maximum Gasteiger partial charge on any atom is 0.260 e. The van der Waals surface area contributed by atoms with E-state index in [0.29, 0.717) is 5.02 Å². The number of hydrogen-bond donors (Lipinski definition) is 0. The molecule has 1 aromatic rings. The first-order valence-electron chi connectivity index (χ1n) is 2.58. The molecule has 0 atom stereocenters. The summed E-state index contributed by atoms with van der Waals surface area (Å²) in [5.74, 6) is -0.632. The zero-order valence-electron chi connectivity index (χ0n) is 5.19. The Hall–Kier alpha value is -1.03. The van der Waals surface area contributed by atoms with Gasteiger partial charge in [0.05, 0.1) is 9.90 Å². The van der Waals surface area contributed by atoms with Gasteiger partial charge in [-0.1, -0.05) is 11.6 Å². The quantitative estimate of drug-likeness (QED) is 0.379. The predicted molar refractivity (Wildman–Crippen MR) is 42.8 cm³/mol. The molecular weight excluding hydrogens is 186 g/mol. The summed E-state index contributed by atoms with van der Waals surface area (Å²) in [6, 6.07) is 1.58. The van der Waals surface area contributed by atoms with Crippen molar-refractivity contribution in [1.29, 1.82) is 0 Å². The van der Waals surface area contributed by atoms with Gasteiger partial charge in [-0.25, -0.2) is 0 Å². The van der Waals surface area contributed by atoms with Gasteiger partial charge in [-0.2, -0.15) is 0 Å². The van der Waals surface area contributed by atoms with Crippen LogP contribution in [0.3, 0.4) is 0 Å². The number of rotatable bonds is 1. The Bertz CT molecular complexity index is 328. The standard InChI is InChI=1S/C5H2ClN3OS/c6-3-1-2-11-4(3)5(10)8-9-7/h1-2H. The molecule has 0 bridgehead atoms. The van der Waals surface area contributed by atoms with Crippen molar-refractivity contribution < 1.29 is 4.79 Å². The molecular formula is C5H2ClN3OS. The van der Waals surface area contributed by atoms with Gasteiger partial charge >= 0.3 is 0 Å². The second-order valence-corrected chi connectivity index (χ2v) is 2.92. The normalized spacial score (nSPS) is 8.82. The van der Waals surface area contributed by atoms with Gasteiger partial charge in [-0.15, -0.1) is 11.3 Å². The molecule has 0 fully saturated rings. The fourth-order valence-electron chi connectivity index (χ4n) is 0.532. The minimum absolute atomic E-state index is 0.282. The number of carbonyl (C=O) groups excluding carboxylic acids is 1. The van der Waals surface area contributed by atoms with E-state index in [9.17, 15) is 4.79 Å². The van der Waals surface area contributed by atoms with Crippen LogP contribution >= 0.6 is 22.9 Å². The highest BCUT2D eigenvalue weighted by Crippen LogP contribution is 2.22. The zero-order chi connectivity index (χ0) is 8.27. The summed E-state index contributed by atoms with van der Waals surface area (Å²) in [4.78, 5) is 13.5. The third-order valence-corrected chi connectivity index (χ3v) is 2.28. The average Bonchev–Trinajstić information content (AvgIpc) is 2.36. The van der Waals surface area contributed by atoms with E-state index in [4.69, 9.17) is 17.1 Å². The minimum Gasteiger partial charge on any atom is -0.286 e. The number of amides is 1. The van der Waals surface area contributed by atoms with E-state index in [0.717, 1.165) is 11.3 Å². The van der Waals surface area contributed by atoms with Crippen LogP contribution in [0.5, 0.6) is 0 Å². The van der Waals surface area contributed by atoms with Crippen molar-refractivity contribution in [2.24, 2.45) is 5.11 Å². The lowest BCUT2D eigenvalue weighted by Crippen LogP contribution is -1.87. The molecule has 0 radical (unpaired) electrons. The van der Waals surface area contributed by atoms with Crippen LogP contribution in [0, 0.1) is 0 Å². The third-order valence-electron chi connectivity index (χ3n) is 0.947. The molecule has 0 spiro atoms. The van der Waals surface area contributed by atoms with Gasteiger partial charge in [0.2, 0.25) is 0 Å². The molecule has 1 amide bonds. The van der Waals surface area contributed by atoms with Gasteiger partial charge in [-0.05, 0) is 22.1 Å². The van der Waals surface area contributed by atoms with E-state index in [-0.39, 0.29) is 4.88 Å². The van der Waals surface area contributed by atoms with E-state index in [1.54, 1.807) is 11.4 Å². The van der Waals surface area contributed by atoms with Gasteiger partial charge in [0.15, 0.2) is 0 Å². The summed E-state index contributed by atoms with van der Waals surface area (Å²) in [5, 5.41) is 4.88. The molecule has 56 valence electrons. The van der Waals surface area contributed by atoms with Gasteiger partial charge in [0.25, 0.3) is 5.91 Å². The fraction of sp³-hybridized carbons (Fsp3) is 0. The average molecular weight is 188 g/mol. The highest BCUT2D eigenvalue weighted by molar-refractivity contribution is 7.12. The lowest BCUT2D eigenvalue weighted by atomic mass is 10.4. The molecule has 0 unspecified atom stereocenters. The van der Waals surface area contributed by atoms with Crippen LogP contribution in [0.25, 0.3) is 10.4 Å². The monoisotopic (exact) mass is 187 g/mol. The summed E-state index contributed by atoms with van der Waals surface area (Å²) in [6.45, 7) is 0. The smallest absolute Gasteiger partial charge is 0.260 e. The first kappa shape index (κ1) is 8.07. The number of carbonyl (C=O) groups is 1. The molecule has 0 saturated carbocycles. The molecule has 0 aliphatic rings. The molecule has 11 heavy (non-hydrogen) atoms. The Morgan fingerprint density at radius 1 is 1.82 bits per heavy atom. The Morgan fingerprint density at radius 3 is 3.00 bits per heavy atom. The van der Waals surface area contributed by atoms with Crippen molar-refractivity contribution in [3.63, 3.8) is 0 Å². The van der Waals surface area contributed by atoms with Crippen molar-refractivity contribution in [3.8, 4) is 0 Å². The van der Waals surface area contributed by atoms with Crippen molar-refractivity contribution in [1.82, 2.24) is 0 Å². The summed E-state index contributed by atoms with van der Waals surface area (Å²) in [7, 11) is 0. The SMILES string of the molecule is [N-]=[N+]=NC(=O)c1sccc1Cl. The summed E-state index contributed by atoms with van der Waals surface area (Å²) < 4.78 is 0. The minimum atomic E-state index is -0.632. The van der Waals surface area contributed by atoms with Crippen LogP contribution in [-0.4, -0.2) is 5.91 Å². The number of halogens is 1. The lowest BCUT2D eigenvalue weighted by Gasteiger charge is -1.85. The number of nitrogens with zero attached hydrogens (tertiary/aromatic N) is 3. The van der Waals surface area contributed by atoms with Crippen LogP contribution in [0.1, 0.15) is 9.67 Å². The van der Waals surface area contributed by atoms with E-state index in [2.05, 4.69) is 10.0 Å². The molecule has 0 aromatic carbocycles. The molecule has 1 aromatic heterocycles. The summed E-state index contributed by atoms with van der Waals surface area (Å²) >= 11 is 6.73. The molecule has 0 aliphatic heterocycles. The second-order valence-electron chi connectivity index (χ2n) is 1.59. The summed E-state index contributed by atoms with van der Waals surface area (Å²) in [6.07, 6.45) is 0. The number of hydrogen-bond acceptors (Lipinski definition) is 2. The maximum atomic E-state index is 10.8. The first-order valence-corrected chi connectivity index (χ1v) is 3.84. The zero-order valence-corrected chi connectivity index (χ0v) is 6.76. The largest absolute Gasteiger partial charge is 0.286 e.